The molecule has 142 valence electrons. The number of hydrogen-bond acceptors (Lipinski definition) is 5. The molecule has 0 spiro atoms. The van der Waals surface area contributed by atoms with Crippen LogP contribution in [0.4, 0.5) is 9.59 Å². The Morgan fingerprint density at radius 2 is 1.85 bits per heavy atom. The van der Waals surface area contributed by atoms with Crippen LogP contribution < -0.4 is 21.7 Å². The van der Waals surface area contributed by atoms with Crippen LogP contribution in [0.5, 0.6) is 0 Å². The smallest absolute Gasteiger partial charge is 0.321 e. The summed E-state index contributed by atoms with van der Waals surface area (Å²) in [4.78, 5) is 45.9. The summed E-state index contributed by atoms with van der Waals surface area (Å²) in [6.07, 6.45) is 0.468. The molecule has 0 saturated heterocycles. The minimum absolute atomic E-state index is 0.250. The van der Waals surface area contributed by atoms with Gasteiger partial charge in [0.2, 0.25) is 0 Å². The van der Waals surface area contributed by atoms with Crippen molar-refractivity contribution in [2.24, 2.45) is 5.73 Å². The molecule has 26 heavy (non-hydrogen) atoms. The van der Waals surface area contributed by atoms with E-state index in [-0.39, 0.29) is 6.42 Å². The normalized spacial score (nSPS) is 11.2. The summed E-state index contributed by atoms with van der Waals surface area (Å²) >= 11 is 5.80. The molecule has 1 rings (SSSR count). The van der Waals surface area contributed by atoms with E-state index in [0.717, 1.165) is 6.42 Å². The van der Waals surface area contributed by atoms with Gasteiger partial charge in [-0.25, -0.2) is 9.59 Å². The predicted octanol–water partition coefficient (Wildman–Crippen LogP) is 1.22. The maximum absolute atomic E-state index is 11.9. The second-order valence-electron chi connectivity index (χ2n) is 5.28. The quantitative estimate of drug-likeness (QED) is 0.499. The second-order valence-corrected chi connectivity index (χ2v) is 5.72. The van der Waals surface area contributed by atoms with Crippen LogP contribution in [0.1, 0.15) is 31.4 Å². The fourth-order valence-corrected chi connectivity index (χ4v) is 2.06. The molecule has 0 fully saturated rings. The Kier molecular flexibility index (Phi) is 8.93. The van der Waals surface area contributed by atoms with Gasteiger partial charge in [-0.1, -0.05) is 30.7 Å². The van der Waals surface area contributed by atoms with Crippen LogP contribution in [0.25, 0.3) is 0 Å². The second kappa shape index (κ2) is 10.9. The van der Waals surface area contributed by atoms with Gasteiger partial charge < -0.3 is 21.1 Å². The monoisotopic (exact) mass is 384 g/mol. The zero-order chi connectivity index (χ0) is 19.5. The van der Waals surface area contributed by atoms with Crippen molar-refractivity contribution in [1.29, 1.82) is 0 Å². The third-order valence-corrected chi connectivity index (χ3v) is 3.36. The van der Waals surface area contributed by atoms with E-state index in [1.165, 1.54) is 0 Å². The maximum atomic E-state index is 11.9. The number of primary amides is 1. The number of nitrogens with two attached hydrogens (primary N) is 1. The zero-order valence-electron chi connectivity index (χ0n) is 14.2. The molecule has 5 N–H and O–H groups in total. The molecule has 0 saturated carbocycles. The van der Waals surface area contributed by atoms with Crippen molar-refractivity contribution in [1.82, 2.24) is 16.0 Å². The van der Waals surface area contributed by atoms with E-state index in [9.17, 15) is 19.2 Å². The van der Waals surface area contributed by atoms with Crippen LogP contribution in [0.2, 0.25) is 5.02 Å². The number of esters is 1. The molecule has 0 aliphatic rings. The molecule has 0 aliphatic heterocycles. The van der Waals surface area contributed by atoms with Crippen molar-refractivity contribution < 1.29 is 23.9 Å². The topological polar surface area (TPSA) is 140 Å². The molecule has 0 bridgehead atoms. The Hall–Kier alpha value is -2.81. The van der Waals surface area contributed by atoms with Gasteiger partial charge in [0.05, 0.1) is 12.5 Å². The highest BCUT2D eigenvalue weighted by Crippen LogP contribution is 2.19. The number of rotatable bonds is 8. The number of carbonyl (C=O) groups excluding carboxylic acids is 4. The van der Waals surface area contributed by atoms with Crippen LogP contribution >= 0.6 is 11.6 Å². The molecule has 0 aromatic heterocycles. The minimum atomic E-state index is -0.817. The lowest BCUT2D eigenvalue weighted by molar-refractivity contribution is -0.148. The Morgan fingerprint density at radius 1 is 1.19 bits per heavy atom. The van der Waals surface area contributed by atoms with E-state index < -0.39 is 36.6 Å². The third kappa shape index (κ3) is 8.34. The van der Waals surface area contributed by atoms with E-state index in [1.807, 2.05) is 12.2 Å². The van der Waals surface area contributed by atoms with Gasteiger partial charge in [0.1, 0.15) is 0 Å². The van der Waals surface area contributed by atoms with Gasteiger partial charge in [0, 0.05) is 11.6 Å². The van der Waals surface area contributed by atoms with Gasteiger partial charge in [-0.3, -0.25) is 14.9 Å². The van der Waals surface area contributed by atoms with Gasteiger partial charge in [0.15, 0.2) is 6.61 Å². The first-order valence-corrected chi connectivity index (χ1v) is 8.24. The maximum Gasteiger partial charge on any atom is 0.321 e. The Bertz CT molecular complexity index is 651. The van der Waals surface area contributed by atoms with Crippen molar-refractivity contribution >= 4 is 35.5 Å². The van der Waals surface area contributed by atoms with Crippen molar-refractivity contribution in [3.05, 3.63) is 34.9 Å². The first-order chi connectivity index (χ1) is 12.3. The van der Waals surface area contributed by atoms with Gasteiger partial charge >= 0.3 is 18.0 Å². The molecule has 5 amide bonds. The summed E-state index contributed by atoms with van der Waals surface area (Å²) in [5.41, 5.74) is 5.71. The number of ether oxygens (including phenoxy) is 1. The molecule has 1 aromatic carbocycles. The molecule has 0 unspecified atom stereocenters. The van der Waals surface area contributed by atoms with Crippen molar-refractivity contribution in [2.75, 3.05) is 13.2 Å². The van der Waals surface area contributed by atoms with E-state index >= 15 is 0 Å². The Labute approximate surface area is 155 Å². The molecule has 1 aromatic rings. The van der Waals surface area contributed by atoms with Crippen LogP contribution in [0.3, 0.4) is 0 Å². The summed E-state index contributed by atoms with van der Waals surface area (Å²) in [5, 5.41) is 7.38. The fraction of sp³-hybridized carbons (Fsp3) is 0.375. The molecule has 9 nitrogen and oxygen atoms in total. The molecular weight excluding hydrogens is 364 g/mol. The van der Waals surface area contributed by atoms with Gasteiger partial charge in [-0.2, -0.15) is 0 Å². The highest BCUT2D eigenvalue weighted by Gasteiger charge is 2.19. The average Bonchev–Trinajstić information content (AvgIpc) is 2.58. The number of benzene rings is 1. The SMILES string of the molecule is CCCNC(=O)NC(=O)COC(=O)C[C@H](NC(N)=O)c1ccc(Cl)cc1. The predicted molar refractivity (Wildman–Crippen MR) is 94.3 cm³/mol. The van der Waals surface area contributed by atoms with Gasteiger partial charge in [-0.05, 0) is 24.1 Å². The number of carbonyl (C=O) groups is 4. The molecular formula is C16H21ClN4O5. The summed E-state index contributed by atoms with van der Waals surface area (Å²) in [7, 11) is 0. The lowest BCUT2D eigenvalue weighted by Crippen LogP contribution is -2.41. The standard InChI is InChI=1S/C16H21ClN4O5/c1-2-7-19-16(25)21-13(22)9-26-14(23)8-12(20-15(18)24)10-3-5-11(17)6-4-10/h3-6,12H,2,7-9H2,1H3,(H3,18,20,24)(H2,19,21,22,25)/t12-/m0/s1. The lowest BCUT2D eigenvalue weighted by atomic mass is 10.0. The Morgan fingerprint density at radius 3 is 2.42 bits per heavy atom. The van der Waals surface area contributed by atoms with Gasteiger partial charge in [-0.15, -0.1) is 0 Å². The molecule has 0 heterocycles. The molecule has 10 heteroatoms. The van der Waals surface area contributed by atoms with E-state index in [4.69, 9.17) is 22.1 Å². The summed E-state index contributed by atoms with van der Waals surface area (Å²) in [5.74, 6) is -1.51. The number of amides is 5. The van der Waals surface area contributed by atoms with E-state index in [1.54, 1.807) is 24.3 Å². The van der Waals surface area contributed by atoms with Gasteiger partial charge in [0.25, 0.3) is 5.91 Å². The van der Waals surface area contributed by atoms with Crippen LogP contribution in [0.15, 0.2) is 24.3 Å². The van der Waals surface area contributed by atoms with Crippen molar-refractivity contribution in [3.8, 4) is 0 Å². The number of imide groups is 1. The van der Waals surface area contributed by atoms with Crippen molar-refractivity contribution in [2.45, 2.75) is 25.8 Å². The highest BCUT2D eigenvalue weighted by atomic mass is 35.5. The van der Waals surface area contributed by atoms with Crippen LogP contribution in [-0.4, -0.2) is 37.1 Å². The van der Waals surface area contributed by atoms with E-state index in [0.29, 0.717) is 17.1 Å². The number of halogens is 1. The van der Waals surface area contributed by atoms with Crippen molar-refractivity contribution in [3.63, 3.8) is 0 Å². The minimum Gasteiger partial charge on any atom is -0.455 e. The fourth-order valence-electron chi connectivity index (χ4n) is 1.94. The zero-order valence-corrected chi connectivity index (χ0v) is 15.0. The summed E-state index contributed by atoms with van der Waals surface area (Å²) in [6.45, 7) is 1.66. The number of nitrogens with one attached hydrogen (secondary N) is 3. The van der Waals surface area contributed by atoms with Crippen LogP contribution in [0, 0.1) is 0 Å². The number of urea groups is 2. The molecule has 0 aliphatic carbocycles. The molecule has 0 radical (unpaired) electrons. The Balaban J connectivity index is 2.53. The largest absolute Gasteiger partial charge is 0.455 e. The van der Waals surface area contributed by atoms with Crippen LogP contribution in [-0.2, 0) is 14.3 Å². The molecule has 1 atom stereocenters. The first-order valence-electron chi connectivity index (χ1n) is 7.86. The first kappa shape index (κ1) is 21.2. The highest BCUT2D eigenvalue weighted by molar-refractivity contribution is 6.30. The third-order valence-electron chi connectivity index (χ3n) is 3.11. The average molecular weight is 385 g/mol. The summed E-state index contributed by atoms with van der Waals surface area (Å²) < 4.78 is 4.82. The summed E-state index contributed by atoms with van der Waals surface area (Å²) in [6, 6.07) is 4.22. The number of hydrogen-bond donors (Lipinski definition) is 4. The van der Waals surface area contributed by atoms with E-state index in [2.05, 4.69) is 10.6 Å². The lowest BCUT2D eigenvalue weighted by Gasteiger charge is -2.17.